The van der Waals surface area contributed by atoms with Gasteiger partial charge in [-0.2, -0.15) is 0 Å². The first-order chi connectivity index (χ1) is 12.5. The van der Waals surface area contributed by atoms with Gasteiger partial charge in [0.1, 0.15) is 11.6 Å². The van der Waals surface area contributed by atoms with Crippen molar-refractivity contribution >= 4 is 11.8 Å². The van der Waals surface area contributed by atoms with E-state index in [1.165, 1.54) is 11.8 Å². The summed E-state index contributed by atoms with van der Waals surface area (Å²) in [5.41, 5.74) is 1.08. The van der Waals surface area contributed by atoms with Crippen molar-refractivity contribution in [3.63, 3.8) is 0 Å². The molecule has 0 aliphatic carbocycles. The van der Waals surface area contributed by atoms with Crippen molar-refractivity contribution in [1.29, 1.82) is 0 Å². The van der Waals surface area contributed by atoms with Crippen LogP contribution in [0.5, 0.6) is 0 Å². The van der Waals surface area contributed by atoms with Gasteiger partial charge in [0.15, 0.2) is 0 Å². The Kier molecular flexibility index (Phi) is 5.25. The zero-order valence-corrected chi connectivity index (χ0v) is 14.3. The van der Waals surface area contributed by atoms with Gasteiger partial charge in [-0.05, 0) is 43.2 Å². The number of aromatic nitrogens is 1. The van der Waals surface area contributed by atoms with Gasteiger partial charge < -0.3 is 10.2 Å². The summed E-state index contributed by atoms with van der Waals surface area (Å²) < 4.78 is 27.4. The highest BCUT2D eigenvalue weighted by Crippen LogP contribution is 2.32. The molecule has 1 atom stereocenters. The Bertz CT molecular complexity index is 841. The summed E-state index contributed by atoms with van der Waals surface area (Å²) >= 11 is 0. The molecule has 0 radical (unpaired) electrons. The van der Waals surface area contributed by atoms with Crippen LogP contribution in [0.1, 0.15) is 47.6 Å². The van der Waals surface area contributed by atoms with E-state index in [9.17, 15) is 18.4 Å². The number of hydrogen-bond donors (Lipinski definition) is 1. The van der Waals surface area contributed by atoms with Crippen molar-refractivity contribution in [3.05, 3.63) is 65.0 Å². The van der Waals surface area contributed by atoms with Gasteiger partial charge in [-0.15, -0.1) is 0 Å². The number of benzene rings is 1. The third-order valence-corrected chi connectivity index (χ3v) is 4.36. The minimum Gasteiger partial charge on any atom is -0.351 e. The Balaban J connectivity index is 1.84. The Morgan fingerprint density at radius 1 is 1.27 bits per heavy atom. The van der Waals surface area contributed by atoms with Crippen LogP contribution in [0.25, 0.3) is 0 Å². The normalized spacial score (nSPS) is 16.6. The van der Waals surface area contributed by atoms with Gasteiger partial charge in [-0.1, -0.05) is 6.07 Å². The molecule has 0 bridgehead atoms. The van der Waals surface area contributed by atoms with E-state index in [4.69, 9.17) is 0 Å². The highest BCUT2D eigenvalue weighted by Gasteiger charge is 2.32. The molecule has 1 aliphatic heterocycles. The summed E-state index contributed by atoms with van der Waals surface area (Å²) in [7, 11) is 0. The third kappa shape index (κ3) is 3.87. The zero-order chi connectivity index (χ0) is 18.7. The number of halogens is 2. The number of rotatable bonds is 4. The maximum Gasteiger partial charge on any atom is 0.257 e. The van der Waals surface area contributed by atoms with Crippen molar-refractivity contribution in [2.75, 3.05) is 6.54 Å². The smallest absolute Gasteiger partial charge is 0.257 e. The van der Waals surface area contributed by atoms with Crippen LogP contribution in [0, 0.1) is 11.6 Å². The number of carbonyl (C=O) groups excluding carboxylic acids is 2. The minimum absolute atomic E-state index is 0.156. The van der Waals surface area contributed by atoms with Crippen LogP contribution in [-0.4, -0.2) is 28.2 Å². The molecular formula is C19H19F2N3O2. The Morgan fingerprint density at radius 2 is 2.08 bits per heavy atom. The molecule has 1 N–H and O–H groups in total. The molecule has 5 nitrogen and oxygen atoms in total. The van der Waals surface area contributed by atoms with Crippen LogP contribution < -0.4 is 5.32 Å². The lowest BCUT2D eigenvalue weighted by molar-refractivity contribution is -0.119. The molecule has 1 saturated heterocycles. The quantitative estimate of drug-likeness (QED) is 0.913. The van der Waals surface area contributed by atoms with E-state index in [1.807, 2.05) is 6.07 Å². The van der Waals surface area contributed by atoms with Gasteiger partial charge >= 0.3 is 0 Å². The largest absolute Gasteiger partial charge is 0.351 e. The molecule has 7 heteroatoms. The second-order valence-corrected chi connectivity index (χ2v) is 6.24. The van der Waals surface area contributed by atoms with Gasteiger partial charge in [-0.3, -0.25) is 14.6 Å². The molecule has 2 amide bonds. The molecule has 26 heavy (non-hydrogen) atoms. The van der Waals surface area contributed by atoms with Crippen molar-refractivity contribution in [2.45, 2.75) is 32.4 Å². The summed E-state index contributed by atoms with van der Waals surface area (Å²) in [4.78, 5) is 29.8. The molecule has 1 unspecified atom stereocenters. The second-order valence-electron chi connectivity index (χ2n) is 6.24. The number of amides is 2. The lowest BCUT2D eigenvalue weighted by Gasteiger charge is -2.25. The van der Waals surface area contributed by atoms with Gasteiger partial charge in [0, 0.05) is 13.5 Å². The molecule has 136 valence electrons. The molecule has 2 aromatic rings. The summed E-state index contributed by atoms with van der Waals surface area (Å²) in [5, 5.41) is 2.68. The molecule has 1 fully saturated rings. The first-order valence-electron chi connectivity index (χ1n) is 8.42. The van der Waals surface area contributed by atoms with Gasteiger partial charge in [0.2, 0.25) is 5.91 Å². The number of pyridine rings is 1. The lowest BCUT2D eigenvalue weighted by Crippen LogP contribution is -2.32. The van der Waals surface area contributed by atoms with Crippen molar-refractivity contribution in [1.82, 2.24) is 15.2 Å². The predicted octanol–water partition coefficient (Wildman–Crippen LogP) is 2.97. The zero-order valence-electron chi connectivity index (χ0n) is 14.3. The highest BCUT2D eigenvalue weighted by atomic mass is 19.1. The summed E-state index contributed by atoms with van der Waals surface area (Å²) in [5.74, 6) is -2.09. The standard InChI is InChI=1S/C19H19F2N3O2/c1-12(25)22-11-14-4-2-5-17(23-14)18-6-3-9-24(18)19(26)15-10-13(20)7-8-16(15)21/h2,4-5,7-8,10,18H,3,6,9,11H2,1H3,(H,22,25). The monoisotopic (exact) mass is 359 g/mol. The van der Waals surface area contributed by atoms with Crippen molar-refractivity contribution in [2.24, 2.45) is 0 Å². The minimum atomic E-state index is -0.741. The van der Waals surface area contributed by atoms with Crippen LogP contribution >= 0.6 is 0 Å². The van der Waals surface area contributed by atoms with Gasteiger partial charge in [0.25, 0.3) is 5.91 Å². The number of carbonyl (C=O) groups is 2. The van der Waals surface area contributed by atoms with Crippen LogP contribution in [0.4, 0.5) is 8.78 Å². The van der Waals surface area contributed by atoms with Gasteiger partial charge in [-0.25, -0.2) is 8.78 Å². The summed E-state index contributed by atoms with van der Waals surface area (Å²) in [6.07, 6.45) is 1.45. The van der Waals surface area contributed by atoms with Crippen LogP contribution in [0.15, 0.2) is 36.4 Å². The molecule has 0 saturated carbocycles. The number of hydrogen-bond acceptors (Lipinski definition) is 3. The van der Waals surface area contributed by atoms with Crippen LogP contribution in [-0.2, 0) is 11.3 Å². The van der Waals surface area contributed by atoms with E-state index < -0.39 is 17.5 Å². The fraction of sp³-hybridized carbons (Fsp3) is 0.316. The Labute approximate surface area is 150 Å². The van der Waals surface area contributed by atoms with Crippen LogP contribution in [0.3, 0.4) is 0 Å². The summed E-state index contributed by atoms with van der Waals surface area (Å²) in [6, 6.07) is 7.96. The number of likely N-dealkylation sites (tertiary alicyclic amines) is 1. The molecule has 1 aromatic heterocycles. The first-order valence-corrected chi connectivity index (χ1v) is 8.42. The maximum absolute atomic E-state index is 14.0. The van der Waals surface area contributed by atoms with E-state index >= 15 is 0 Å². The fourth-order valence-corrected chi connectivity index (χ4v) is 3.13. The molecule has 2 heterocycles. The molecule has 3 rings (SSSR count). The van der Waals surface area contributed by atoms with E-state index in [0.29, 0.717) is 30.9 Å². The third-order valence-electron chi connectivity index (χ3n) is 4.36. The number of nitrogens with zero attached hydrogens (tertiary/aromatic N) is 2. The van der Waals surface area contributed by atoms with E-state index in [-0.39, 0.29) is 17.5 Å². The van der Waals surface area contributed by atoms with Crippen molar-refractivity contribution < 1.29 is 18.4 Å². The SMILES string of the molecule is CC(=O)NCc1cccc(C2CCCN2C(=O)c2cc(F)ccc2F)n1. The maximum atomic E-state index is 14.0. The predicted molar refractivity (Wildman–Crippen MR) is 91.1 cm³/mol. The Hall–Kier alpha value is -2.83. The topological polar surface area (TPSA) is 62.3 Å². The van der Waals surface area contributed by atoms with Crippen LogP contribution in [0.2, 0.25) is 0 Å². The molecule has 1 aliphatic rings. The molecule has 0 spiro atoms. The number of nitrogens with one attached hydrogen (secondary N) is 1. The first kappa shape index (κ1) is 18.0. The fourth-order valence-electron chi connectivity index (χ4n) is 3.13. The highest BCUT2D eigenvalue weighted by molar-refractivity contribution is 5.95. The second kappa shape index (κ2) is 7.59. The van der Waals surface area contributed by atoms with E-state index in [1.54, 1.807) is 12.1 Å². The Morgan fingerprint density at radius 3 is 2.85 bits per heavy atom. The molecule has 1 aromatic carbocycles. The van der Waals surface area contributed by atoms with Crippen molar-refractivity contribution in [3.8, 4) is 0 Å². The average molecular weight is 359 g/mol. The molecular weight excluding hydrogens is 340 g/mol. The van der Waals surface area contributed by atoms with E-state index in [2.05, 4.69) is 10.3 Å². The van der Waals surface area contributed by atoms with Gasteiger partial charge in [0.05, 0.1) is 29.5 Å². The average Bonchev–Trinajstić information content (AvgIpc) is 3.11. The lowest BCUT2D eigenvalue weighted by atomic mass is 10.1. The summed E-state index contributed by atoms with van der Waals surface area (Å²) in [6.45, 7) is 2.17. The van der Waals surface area contributed by atoms with E-state index in [0.717, 1.165) is 24.6 Å².